The lowest BCUT2D eigenvalue weighted by Gasteiger charge is -2.38. The van der Waals surface area contributed by atoms with Crippen LogP contribution in [0.3, 0.4) is 0 Å². The smallest absolute Gasteiger partial charge is 0.211 e. The van der Waals surface area contributed by atoms with Crippen LogP contribution >= 0.6 is 22.6 Å². The molecule has 6 heteroatoms. The van der Waals surface area contributed by atoms with Crippen LogP contribution in [0.15, 0.2) is 24.3 Å². The molecule has 1 aromatic carbocycles. The molecule has 4 nitrogen and oxygen atoms in total. The SMILES string of the molecule is CC1CN(Cc2ccc(I)cc2)CCN1S(C)(=O)=O. The Morgan fingerprint density at radius 3 is 2.42 bits per heavy atom. The summed E-state index contributed by atoms with van der Waals surface area (Å²) in [6, 6.07) is 8.52. The van der Waals surface area contributed by atoms with Gasteiger partial charge < -0.3 is 0 Å². The van der Waals surface area contributed by atoms with Crippen LogP contribution in [0, 0.1) is 3.57 Å². The van der Waals surface area contributed by atoms with Gasteiger partial charge in [0.2, 0.25) is 10.0 Å². The highest BCUT2D eigenvalue weighted by molar-refractivity contribution is 14.1. The second-order valence-electron chi connectivity index (χ2n) is 5.08. The Morgan fingerprint density at radius 1 is 1.26 bits per heavy atom. The predicted octanol–water partition coefficient (Wildman–Crippen LogP) is 1.76. The molecule has 1 aliphatic heterocycles. The number of benzene rings is 1. The summed E-state index contributed by atoms with van der Waals surface area (Å²) in [7, 11) is -3.07. The highest BCUT2D eigenvalue weighted by Crippen LogP contribution is 2.16. The van der Waals surface area contributed by atoms with Crippen LogP contribution in [-0.4, -0.2) is 49.6 Å². The van der Waals surface area contributed by atoms with Gasteiger partial charge in [0, 0.05) is 35.8 Å². The summed E-state index contributed by atoms with van der Waals surface area (Å²) in [6.07, 6.45) is 1.29. The zero-order chi connectivity index (χ0) is 14.0. The van der Waals surface area contributed by atoms with E-state index in [1.807, 2.05) is 6.92 Å². The number of rotatable bonds is 3. The predicted molar refractivity (Wildman–Crippen MR) is 85.4 cm³/mol. The molecule has 0 spiro atoms. The van der Waals surface area contributed by atoms with Crippen LogP contribution in [0.25, 0.3) is 0 Å². The van der Waals surface area contributed by atoms with Crippen molar-refractivity contribution in [3.05, 3.63) is 33.4 Å². The number of sulfonamides is 1. The van der Waals surface area contributed by atoms with Gasteiger partial charge in [0.1, 0.15) is 0 Å². The minimum atomic E-state index is -3.07. The third kappa shape index (κ3) is 4.14. The quantitative estimate of drug-likeness (QED) is 0.734. The molecule has 0 saturated carbocycles. The molecule has 0 aromatic heterocycles. The van der Waals surface area contributed by atoms with Gasteiger partial charge in [-0.15, -0.1) is 0 Å². The van der Waals surface area contributed by atoms with Crippen molar-refractivity contribution in [1.82, 2.24) is 9.21 Å². The molecule has 0 aliphatic carbocycles. The topological polar surface area (TPSA) is 40.6 Å². The van der Waals surface area contributed by atoms with Gasteiger partial charge in [-0.1, -0.05) is 12.1 Å². The summed E-state index contributed by atoms with van der Waals surface area (Å²) >= 11 is 2.29. The van der Waals surface area contributed by atoms with Crippen molar-refractivity contribution in [3.8, 4) is 0 Å². The lowest BCUT2D eigenvalue weighted by molar-refractivity contribution is 0.138. The zero-order valence-electron chi connectivity index (χ0n) is 11.2. The molecule has 1 saturated heterocycles. The molecule has 1 fully saturated rings. The maximum absolute atomic E-state index is 11.6. The van der Waals surface area contributed by atoms with Crippen molar-refractivity contribution >= 4 is 32.6 Å². The molecule has 2 rings (SSSR count). The summed E-state index contributed by atoms with van der Waals surface area (Å²) in [4.78, 5) is 2.31. The zero-order valence-corrected chi connectivity index (χ0v) is 14.2. The van der Waals surface area contributed by atoms with Gasteiger partial charge in [0.25, 0.3) is 0 Å². The number of hydrogen-bond donors (Lipinski definition) is 0. The van der Waals surface area contributed by atoms with Crippen molar-refractivity contribution < 1.29 is 8.42 Å². The first-order chi connectivity index (χ1) is 8.86. The van der Waals surface area contributed by atoms with E-state index in [1.54, 1.807) is 4.31 Å². The molecule has 1 aliphatic rings. The van der Waals surface area contributed by atoms with Gasteiger partial charge in [0.05, 0.1) is 6.26 Å². The van der Waals surface area contributed by atoms with E-state index in [0.717, 1.165) is 19.6 Å². The lowest BCUT2D eigenvalue weighted by atomic mass is 10.1. The van der Waals surface area contributed by atoms with Gasteiger partial charge in [-0.2, -0.15) is 4.31 Å². The van der Waals surface area contributed by atoms with E-state index in [2.05, 4.69) is 51.8 Å². The first-order valence-electron chi connectivity index (χ1n) is 6.30. The second kappa shape index (κ2) is 6.07. The van der Waals surface area contributed by atoms with Crippen molar-refractivity contribution in [1.29, 1.82) is 0 Å². The highest BCUT2D eigenvalue weighted by Gasteiger charge is 2.29. The second-order valence-corrected chi connectivity index (χ2v) is 8.27. The van der Waals surface area contributed by atoms with Crippen LogP contribution < -0.4 is 0 Å². The Kier molecular flexibility index (Phi) is 4.86. The van der Waals surface area contributed by atoms with E-state index in [1.165, 1.54) is 15.4 Å². The Hall–Kier alpha value is -0.180. The fraction of sp³-hybridized carbons (Fsp3) is 0.538. The fourth-order valence-corrected chi connectivity index (χ4v) is 3.99. The lowest BCUT2D eigenvalue weighted by Crippen LogP contribution is -2.53. The van der Waals surface area contributed by atoms with Crippen molar-refractivity contribution in [2.45, 2.75) is 19.5 Å². The molecule has 1 heterocycles. The van der Waals surface area contributed by atoms with E-state index in [9.17, 15) is 8.42 Å². The standard InChI is InChI=1S/C13H19IN2O2S/c1-11-9-15(7-8-16(11)19(2,17)18)10-12-3-5-13(14)6-4-12/h3-6,11H,7-10H2,1-2H3. The Labute approximate surface area is 129 Å². The van der Waals surface area contributed by atoms with Gasteiger partial charge in [-0.3, -0.25) is 4.90 Å². The Morgan fingerprint density at radius 2 is 1.89 bits per heavy atom. The first kappa shape index (κ1) is 15.2. The number of hydrogen-bond acceptors (Lipinski definition) is 3. The number of nitrogens with zero attached hydrogens (tertiary/aromatic N) is 2. The maximum Gasteiger partial charge on any atom is 0.211 e. The Balaban J connectivity index is 1.97. The molecular weight excluding hydrogens is 375 g/mol. The van der Waals surface area contributed by atoms with Crippen molar-refractivity contribution in [3.63, 3.8) is 0 Å². The summed E-state index contributed by atoms with van der Waals surface area (Å²) in [5.41, 5.74) is 1.28. The summed E-state index contributed by atoms with van der Waals surface area (Å²) in [5.74, 6) is 0. The molecular formula is C13H19IN2O2S. The van der Waals surface area contributed by atoms with Gasteiger partial charge in [-0.25, -0.2) is 8.42 Å². The van der Waals surface area contributed by atoms with Crippen LogP contribution in [0.5, 0.6) is 0 Å². The number of piperazine rings is 1. The molecule has 1 atom stereocenters. The minimum absolute atomic E-state index is 0.0487. The number of halogens is 1. The van der Waals surface area contributed by atoms with E-state index in [4.69, 9.17) is 0 Å². The largest absolute Gasteiger partial charge is 0.296 e. The minimum Gasteiger partial charge on any atom is -0.296 e. The van der Waals surface area contributed by atoms with E-state index < -0.39 is 10.0 Å². The van der Waals surface area contributed by atoms with Crippen molar-refractivity contribution in [2.75, 3.05) is 25.9 Å². The summed E-state index contributed by atoms with van der Waals surface area (Å²) in [5, 5.41) is 0. The molecule has 0 bridgehead atoms. The first-order valence-corrected chi connectivity index (χ1v) is 9.22. The van der Waals surface area contributed by atoms with E-state index in [0.29, 0.717) is 6.54 Å². The molecule has 106 valence electrons. The fourth-order valence-electron chi connectivity index (χ4n) is 2.50. The molecule has 0 radical (unpaired) electrons. The average molecular weight is 394 g/mol. The molecule has 19 heavy (non-hydrogen) atoms. The van der Waals surface area contributed by atoms with Gasteiger partial charge >= 0.3 is 0 Å². The molecule has 1 aromatic rings. The average Bonchev–Trinajstić information content (AvgIpc) is 2.30. The molecule has 0 N–H and O–H groups in total. The third-order valence-corrected chi connectivity index (χ3v) is 5.51. The summed E-state index contributed by atoms with van der Waals surface area (Å²) < 4.78 is 26.0. The van der Waals surface area contributed by atoms with Crippen LogP contribution in [0.1, 0.15) is 12.5 Å². The summed E-state index contributed by atoms with van der Waals surface area (Å²) in [6.45, 7) is 5.03. The molecule has 1 unspecified atom stereocenters. The van der Waals surface area contributed by atoms with Crippen LogP contribution in [0.4, 0.5) is 0 Å². The normalized spacial score (nSPS) is 22.6. The van der Waals surface area contributed by atoms with E-state index >= 15 is 0 Å². The van der Waals surface area contributed by atoms with Crippen LogP contribution in [-0.2, 0) is 16.6 Å². The monoisotopic (exact) mass is 394 g/mol. The Bertz CT molecular complexity index is 530. The highest BCUT2D eigenvalue weighted by atomic mass is 127. The maximum atomic E-state index is 11.6. The molecule has 0 amide bonds. The van der Waals surface area contributed by atoms with Gasteiger partial charge in [-0.05, 0) is 47.2 Å². The van der Waals surface area contributed by atoms with Crippen LogP contribution in [0.2, 0.25) is 0 Å². The third-order valence-electron chi connectivity index (χ3n) is 3.40. The van der Waals surface area contributed by atoms with Gasteiger partial charge in [0.15, 0.2) is 0 Å². The van der Waals surface area contributed by atoms with E-state index in [-0.39, 0.29) is 6.04 Å². The van der Waals surface area contributed by atoms with Crippen molar-refractivity contribution in [2.24, 2.45) is 0 Å².